The summed E-state index contributed by atoms with van der Waals surface area (Å²) in [7, 11) is 0. The van der Waals surface area contributed by atoms with Gasteiger partial charge in [0.1, 0.15) is 0 Å². The van der Waals surface area contributed by atoms with E-state index in [1.165, 1.54) is 11.3 Å². The summed E-state index contributed by atoms with van der Waals surface area (Å²) in [6.45, 7) is 5.22. The molecule has 1 aliphatic rings. The first-order chi connectivity index (χ1) is 14.4. The molecule has 3 amide bonds. The summed E-state index contributed by atoms with van der Waals surface area (Å²) in [5.41, 5.74) is 2.42. The monoisotopic (exact) mass is 430 g/mol. The number of ether oxygens (including phenoxy) is 1. The van der Waals surface area contributed by atoms with E-state index in [2.05, 4.69) is 15.6 Å². The molecule has 30 heavy (non-hydrogen) atoms. The van der Waals surface area contributed by atoms with Crippen molar-refractivity contribution < 1.29 is 19.1 Å². The van der Waals surface area contributed by atoms with Crippen LogP contribution in [0.1, 0.15) is 31.0 Å². The number of piperidine rings is 1. The molecule has 1 aromatic carbocycles. The largest absolute Gasteiger partial charge is 0.466 e. The van der Waals surface area contributed by atoms with E-state index in [1.807, 2.05) is 31.2 Å². The smallest absolute Gasteiger partial charge is 0.325 e. The number of nitrogens with one attached hydrogen (secondary N) is 2. The van der Waals surface area contributed by atoms with Crippen LogP contribution in [0.15, 0.2) is 29.6 Å². The second-order valence-electron chi connectivity index (χ2n) is 7.17. The number of benzene rings is 1. The minimum Gasteiger partial charge on any atom is -0.466 e. The Balaban J connectivity index is 1.46. The molecule has 9 heteroatoms. The van der Waals surface area contributed by atoms with Crippen LogP contribution in [-0.2, 0) is 20.7 Å². The van der Waals surface area contributed by atoms with E-state index in [1.54, 1.807) is 17.2 Å². The van der Waals surface area contributed by atoms with Gasteiger partial charge in [-0.25, -0.2) is 9.78 Å². The highest BCUT2D eigenvalue weighted by Gasteiger charge is 2.28. The number of likely N-dealkylation sites (tertiary alicyclic amines) is 1. The Hall–Kier alpha value is -2.94. The first-order valence-corrected chi connectivity index (χ1v) is 10.9. The van der Waals surface area contributed by atoms with Gasteiger partial charge in [0.25, 0.3) is 0 Å². The SMILES string of the molecule is CCOC(=O)C1CCN(C(=O)Cc2csc(NC(=O)Nc3ccc(C)cc3)n2)CC1. The number of aromatic nitrogens is 1. The Labute approximate surface area is 179 Å². The maximum Gasteiger partial charge on any atom is 0.325 e. The van der Waals surface area contributed by atoms with E-state index in [9.17, 15) is 14.4 Å². The van der Waals surface area contributed by atoms with Crippen LogP contribution in [0, 0.1) is 12.8 Å². The average molecular weight is 431 g/mol. The van der Waals surface area contributed by atoms with Crippen molar-refractivity contribution in [1.82, 2.24) is 9.88 Å². The van der Waals surface area contributed by atoms with Gasteiger partial charge in [-0.3, -0.25) is 14.9 Å². The Morgan fingerprint density at radius 2 is 1.87 bits per heavy atom. The summed E-state index contributed by atoms with van der Waals surface area (Å²) in [4.78, 5) is 42.6. The Kier molecular flexibility index (Phi) is 7.40. The van der Waals surface area contributed by atoms with Gasteiger partial charge < -0.3 is 15.0 Å². The molecule has 2 aromatic rings. The quantitative estimate of drug-likeness (QED) is 0.684. The number of esters is 1. The molecule has 1 saturated heterocycles. The summed E-state index contributed by atoms with van der Waals surface area (Å²) in [5.74, 6) is -0.335. The fourth-order valence-corrected chi connectivity index (χ4v) is 3.94. The van der Waals surface area contributed by atoms with E-state index >= 15 is 0 Å². The number of carbonyl (C=O) groups excluding carboxylic acids is 3. The van der Waals surface area contributed by atoms with Crippen molar-refractivity contribution in [2.24, 2.45) is 5.92 Å². The van der Waals surface area contributed by atoms with Crippen LogP contribution in [0.4, 0.5) is 15.6 Å². The van der Waals surface area contributed by atoms with Crippen LogP contribution < -0.4 is 10.6 Å². The van der Waals surface area contributed by atoms with Crippen LogP contribution >= 0.6 is 11.3 Å². The molecular weight excluding hydrogens is 404 g/mol. The van der Waals surface area contributed by atoms with Crippen molar-refractivity contribution in [3.63, 3.8) is 0 Å². The first-order valence-electron chi connectivity index (χ1n) is 9.98. The third-order valence-electron chi connectivity index (χ3n) is 4.88. The molecular formula is C21H26N4O4S. The summed E-state index contributed by atoms with van der Waals surface area (Å²) in [6, 6.07) is 7.10. The molecule has 3 rings (SSSR count). The Morgan fingerprint density at radius 1 is 1.17 bits per heavy atom. The standard InChI is InChI=1S/C21H26N4O4S/c1-3-29-19(27)15-8-10-25(11-9-15)18(26)12-17-13-30-21(23-17)24-20(28)22-16-6-4-14(2)5-7-16/h4-7,13,15H,3,8-12H2,1-2H3,(H2,22,23,24,28). The molecule has 2 N–H and O–H groups in total. The molecule has 2 heterocycles. The maximum atomic E-state index is 12.5. The third-order valence-corrected chi connectivity index (χ3v) is 5.69. The van der Waals surface area contributed by atoms with Crippen LogP contribution in [0.3, 0.4) is 0 Å². The predicted molar refractivity (Wildman–Crippen MR) is 116 cm³/mol. The van der Waals surface area contributed by atoms with E-state index in [0.29, 0.717) is 49.1 Å². The number of hydrogen-bond donors (Lipinski definition) is 2. The average Bonchev–Trinajstić information content (AvgIpc) is 3.16. The van der Waals surface area contributed by atoms with Crippen molar-refractivity contribution in [3.8, 4) is 0 Å². The van der Waals surface area contributed by atoms with Gasteiger partial charge in [-0.1, -0.05) is 17.7 Å². The Morgan fingerprint density at radius 3 is 2.53 bits per heavy atom. The number of nitrogens with zero attached hydrogens (tertiary/aromatic N) is 2. The van der Waals surface area contributed by atoms with Gasteiger partial charge >= 0.3 is 12.0 Å². The second kappa shape index (κ2) is 10.2. The van der Waals surface area contributed by atoms with Crippen molar-refractivity contribution in [2.45, 2.75) is 33.1 Å². The van der Waals surface area contributed by atoms with Crippen LogP contribution in [0.5, 0.6) is 0 Å². The van der Waals surface area contributed by atoms with E-state index in [0.717, 1.165) is 5.56 Å². The molecule has 0 atom stereocenters. The van der Waals surface area contributed by atoms with Gasteiger partial charge in [-0.05, 0) is 38.8 Å². The number of urea groups is 1. The fourth-order valence-electron chi connectivity index (χ4n) is 3.23. The zero-order valence-electron chi connectivity index (χ0n) is 17.1. The summed E-state index contributed by atoms with van der Waals surface area (Å²) < 4.78 is 5.06. The zero-order chi connectivity index (χ0) is 21.5. The lowest BCUT2D eigenvalue weighted by Crippen LogP contribution is -2.41. The number of rotatable bonds is 6. The number of carbonyl (C=O) groups is 3. The highest BCUT2D eigenvalue weighted by Crippen LogP contribution is 2.21. The molecule has 0 unspecified atom stereocenters. The van der Waals surface area contributed by atoms with Gasteiger partial charge in [-0.2, -0.15) is 0 Å². The second-order valence-corrected chi connectivity index (χ2v) is 8.03. The zero-order valence-corrected chi connectivity index (χ0v) is 18.0. The minimum atomic E-state index is -0.382. The lowest BCUT2D eigenvalue weighted by molar-refractivity contribution is -0.151. The van der Waals surface area contributed by atoms with Crippen LogP contribution in [-0.4, -0.2) is 47.5 Å². The van der Waals surface area contributed by atoms with Gasteiger partial charge in [0.2, 0.25) is 5.91 Å². The predicted octanol–water partition coefficient (Wildman–Crippen LogP) is 3.44. The molecule has 8 nitrogen and oxygen atoms in total. The van der Waals surface area contributed by atoms with E-state index in [4.69, 9.17) is 4.74 Å². The van der Waals surface area contributed by atoms with Crippen molar-refractivity contribution in [2.75, 3.05) is 30.3 Å². The molecule has 160 valence electrons. The number of thiazole rings is 1. The number of anilines is 2. The van der Waals surface area contributed by atoms with Gasteiger partial charge in [0.15, 0.2) is 5.13 Å². The molecule has 0 aliphatic carbocycles. The molecule has 1 aliphatic heterocycles. The van der Waals surface area contributed by atoms with E-state index in [-0.39, 0.29) is 30.2 Å². The van der Waals surface area contributed by atoms with Crippen LogP contribution in [0.2, 0.25) is 0 Å². The van der Waals surface area contributed by atoms with E-state index < -0.39 is 0 Å². The lowest BCUT2D eigenvalue weighted by atomic mass is 9.97. The summed E-state index contributed by atoms with van der Waals surface area (Å²) in [5, 5.41) is 7.64. The highest BCUT2D eigenvalue weighted by molar-refractivity contribution is 7.14. The lowest BCUT2D eigenvalue weighted by Gasteiger charge is -2.30. The normalized spacial score (nSPS) is 14.3. The molecule has 0 bridgehead atoms. The number of hydrogen-bond acceptors (Lipinski definition) is 6. The van der Waals surface area contributed by atoms with Gasteiger partial charge in [-0.15, -0.1) is 11.3 Å². The molecule has 0 radical (unpaired) electrons. The molecule has 1 fully saturated rings. The maximum absolute atomic E-state index is 12.5. The number of aryl methyl sites for hydroxylation is 1. The summed E-state index contributed by atoms with van der Waals surface area (Å²) >= 11 is 1.27. The third kappa shape index (κ3) is 6.03. The molecule has 1 aromatic heterocycles. The first kappa shape index (κ1) is 21.8. The van der Waals surface area contributed by atoms with Gasteiger partial charge in [0.05, 0.1) is 24.6 Å². The topological polar surface area (TPSA) is 101 Å². The van der Waals surface area contributed by atoms with Crippen molar-refractivity contribution >= 4 is 40.1 Å². The number of amides is 3. The molecule has 0 spiro atoms. The molecule has 0 saturated carbocycles. The minimum absolute atomic E-state index is 0.0294. The highest BCUT2D eigenvalue weighted by atomic mass is 32.1. The Bertz CT molecular complexity index is 889. The van der Waals surface area contributed by atoms with Crippen molar-refractivity contribution in [1.29, 1.82) is 0 Å². The van der Waals surface area contributed by atoms with Crippen LogP contribution in [0.25, 0.3) is 0 Å². The van der Waals surface area contributed by atoms with Crippen molar-refractivity contribution in [3.05, 3.63) is 40.9 Å². The summed E-state index contributed by atoms with van der Waals surface area (Å²) in [6.07, 6.45) is 1.41. The van der Waals surface area contributed by atoms with Gasteiger partial charge in [0, 0.05) is 24.2 Å². The fraction of sp³-hybridized carbons (Fsp3) is 0.429.